The van der Waals surface area contributed by atoms with Crippen LogP contribution in [0.5, 0.6) is 0 Å². The molecule has 6 nitrogen and oxygen atoms in total. The van der Waals surface area contributed by atoms with Crippen molar-refractivity contribution in [3.63, 3.8) is 0 Å². The molecule has 3 heterocycles. The fraction of sp³-hybridized carbons (Fsp3) is 0.500. The van der Waals surface area contributed by atoms with Crippen molar-refractivity contribution < 1.29 is 0 Å². The highest BCUT2D eigenvalue weighted by Gasteiger charge is 2.57. The maximum Gasteiger partial charge on any atom is 0.227 e. The van der Waals surface area contributed by atoms with E-state index in [0.717, 1.165) is 29.7 Å². The van der Waals surface area contributed by atoms with Gasteiger partial charge in [0.05, 0.1) is 10.9 Å². The first-order valence-electron chi connectivity index (χ1n) is 6.98. The molecule has 6 heteroatoms. The van der Waals surface area contributed by atoms with Gasteiger partial charge >= 0.3 is 0 Å². The van der Waals surface area contributed by atoms with Crippen LogP contribution in [0.2, 0.25) is 0 Å². The summed E-state index contributed by atoms with van der Waals surface area (Å²) in [7, 11) is 0. The minimum atomic E-state index is 0.138. The molecule has 0 spiro atoms. The lowest BCUT2D eigenvalue weighted by Gasteiger charge is -2.15. The molecule has 1 aliphatic carbocycles. The number of nitrogens with two attached hydrogens (primary N) is 1. The Bertz CT molecular complexity index is 712. The van der Waals surface area contributed by atoms with Crippen LogP contribution in [-0.2, 0) is 0 Å². The topological polar surface area (TPSA) is 88.8 Å². The molecular formula is C14H18N6. The Morgan fingerprint density at radius 1 is 1.35 bits per heavy atom. The summed E-state index contributed by atoms with van der Waals surface area (Å²) < 4.78 is 0. The van der Waals surface area contributed by atoms with E-state index in [4.69, 9.17) is 5.73 Å². The predicted octanol–water partition coefficient (Wildman–Crippen LogP) is 0.998. The zero-order valence-electron chi connectivity index (χ0n) is 11.7. The van der Waals surface area contributed by atoms with Crippen LogP contribution in [0, 0.1) is 19.8 Å². The average molecular weight is 270 g/mol. The number of aromatic nitrogens is 3. The normalized spacial score (nSPS) is 27.6. The molecule has 0 bridgehead atoms. The number of aryl methyl sites for hydroxylation is 2. The van der Waals surface area contributed by atoms with Gasteiger partial charge in [0.25, 0.3) is 0 Å². The number of rotatable bonds is 2. The third-order valence-electron chi connectivity index (χ3n) is 4.44. The summed E-state index contributed by atoms with van der Waals surface area (Å²) in [5.41, 5.74) is 8.93. The second-order valence-corrected chi connectivity index (χ2v) is 6.02. The molecule has 1 saturated heterocycles. The SMILES string of the molecule is Cc1cc(C)c2c(N)nc(N[C@@]34CNC[C@@H]3C4)nc2n1. The largest absolute Gasteiger partial charge is 0.383 e. The van der Waals surface area contributed by atoms with Crippen molar-refractivity contribution in [3.8, 4) is 0 Å². The maximum atomic E-state index is 6.09. The molecule has 2 atom stereocenters. The first-order chi connectivity index (χ1) is 9.57. The van der Waals surface area contributed by atoms with Crippen molar-refractivity contribution in [1.82, 2.24) is 20.3 Å². The Kier molecular flexibility index (Phi) is 2.24. The van der Waals surface area contributed by atoms with Crippen LogP contribution >= 0.6 is 0 Å². The van der Waals surface area contributed by atoms with Gasteiger partial charge in [-0.25, -0.2) is 4.98 Å². The number of hydrogen-bond acceptors (Lipinski definition) is 6. The van der Waals surface area contributed by atoms with Crippen LogP contribution in [0.15, 0.2) is 6.07 Å². The summed E-state index contributed by atoms with van der Waals surface area (Å²) in [5, 5.41) is 7.70. The lowest BCUT2D eigenvalue weighted by atomic mass is 10.1. The first-order valence-corrected chi connectivity index (χ1v) is 6.98. The molecule has 0 radical (unpaired) electrons. The average Bonchev–Trinajstić information content (AvgIpc) is 2.88. The number of anilines is 2. The van der Waals surface area contributed by atoms with E-state index in [0.29, 0.717) is 23.3 Å². The van der Waals surface area contributed by atoms with Gasteiger partial charge in [0.1, 0.15) is 5.82 Å². The fourth-order valence-corrected chi connectivity index (χ4v) is 3.32. The number of hydrogen-bond donors (Lipinski definition) is 3. The van der Waals surface area contributed by atoms with Crippen LogP contribution in [0.1, 0.15) is 17.7 Å². The molecule has 4 N–H and O–H groups in total. The van der Waals surface area contributed by atoms with Crippen LogP contribution < -0.4 is 16.4 Å². The Balaban J connectivity index is 1.78. The van der Waals surface area contributed by atoms with E-state index in [1.165, 1.54) is 6.42 Å². The van der Waals surface area contributed by atoms with Crippen molar-refractivity contribution in [2.75, 3.05) is 24.1 Å². The van der Waals surface area contributed by atoms with Crippen LogP contribution in [-0.4, -0.2) is 33.6 Å². The number of nitrogen functional groups attached to an aromatic ring is 1. The van der Waals surface area contributed by atoms with Crippen LogP contribution in [0.25, 0.3) is 11.0 Å². The van der Waals surface area contributed by atoms with Crippen molar-refractivity contribution in [2.24, 2.45) is 5.92 Å². The molecule has 0 aromatic carbocycles. The summed E-state index contributed by atoms with van der Waals surface area (Å²) in [5.74, 6) is 1.79. The fourth-order valence-electron chi connectivity index (χ4n) is 3.32. The number of pyridine rings is 1. The maximum absolute atomic E-state index is 6.09. The van der Waals surface area contributed by atoms with Gasteiger partial charge in [-0.05, 0) is 37.8 Å². The zero-order valence-corrected chi connectivity index (χ0v) is 11.7. The van der Waals surface area contributed by atoms with Crippen LogP contribution in [0.4, 0.5) is 11.8 Å². The number of nitrogens with one attached hydrogen (secondary N) is 2. The molecule has 2 aromatic heterocycles. The first kappa shape index (κ1) is 11.8. The van der Waals surface area contributed by atoms with Gasteiger partial charge in [-0.2, -0.15) is 9.97 Å². The van der Waals surface area contributed by atoms with Crippen molar-refractivity contribution in [3.05, 3.63) is 17.3 Å². The molecule has 2 aromatic rings. The monoisotopic (exact) mass is 270 g/mol. The standard InChI is InChI=1S/C14H18N6/c1-7-3-8(2)17-12-10(7)11(15)18-13(19-12)20-14-4-9(14)5-16-6-14/h3,9,16H,4-6H2,1-2H3,(H3,15,17,18,19,20)/t9-,14-/m0/s1. The van der Waals surface area contributed by atoms with Gasteiger partial charge in [0, 0.05) is 18.8 Å². The highest BCUT2D eigenvalue weighted by Crippen LogP contribution is 2.48. The van der Waals surface area contributed by atoms with Gasteiger partial charge in [0.2, 0.25) is 5.95 Å². The predicted molar refractivity (Wildman–Crippen MR) is 78.5 cm³/mol. The van der Waals surface area contributed by atoms with E-state index < -0.39 is 0 Å². The summed E-state index contributed by atoms with van der Waals surface area (Å²) in [6, 6.07) is 2.01. The molecule has 4 rings (SSSR count). The molecule has 20 heavy (non-hydrogen) atoms. The molecule has 2 fully saturated rings. The van der Waals surface area contributed by atoms with Gasteiger partial charge in [0.15, 0.2) is 5.65 Å². The third-order valence-corrected chi connectivity index (χ3v) is 4.44. The molecule has 0 unspecified atom stereocenters. The number of nitrogens with zero attached hydrogens (tertiary/aromatic N) is 3. The molecular weight excluding hydrogens is 252 g/mol. The number of piperidine rings is 1. The smallest absolute Gasteiger partial charge is 0.227 e. The van der Waals surface area contributed by atoms with E-state index in [2.05, 4.69) is 25.6 Å². The second kappa shape index (κ2) is 3.79. The van der Waals surface area contributed by atoms with Gasteiger partial charge in [-0.15, -0.1) is 0 Å². The van der Waals surface area contributed by atoms with Gasteiger partial charge in [-0.3, -0.25) is 0 Å². The highest BCUT2D eigenvalue weighted by atomic mass is 15.2. The van der Waals surface area contributed by atoms with Crippen molar-refractivity contribution in [2.45, 2.75) is 25.8 Å². The van der Waals surface area contributed by atoms with Gasteiger partial charge < -0.3 is 16.4 Å². The molecule has 104 valence electrons. The molecule has 0 amide bonds. The quantitative estimate of drug-likeness (QED) is 0.754. The lowest BCUT2D eigenvalue weighted by Crippen LogP contribution is -2.30. The molecule has 2 aliphatic rings. The van der Waals surface area contributed by atoms with E-state index in [1.54, 1.807) is 0 Å². The van der Waals surface area contributed by atoms with E-state index in [9.17, 15) is 0 Å². The Morgan fingerprint density at radius 3 is 2.90 bits per heavy atom. The summed E-state index contributed by atoms with van der Waals surface area (Å²) in [6.07, 6.45) is 1.18. The van der Waals surface area contributed by atoms with Crippen molar-refractivity contribution >= 4 is 22.8 Å². The molecule has 1 saturated carbocycles. The lowest BCUT2D eigenvalue weighted by molar-refractivity contribution is 0.695. The van der Waals surface area contributed by atoms with E-state index in [1.807, 2.05) is 19.9 Å². The Hall–Kier alpha value is -1.95. The number of fused-ring (bicyclic) bond motifs is 2. The van der Waals surface area contributed by atoms with Crippen LogP contribution in [0.3, 0.4) is 0 Å². The zero-order chi connectivity index (χ0) is 13.9. The summed E-state index contributed by atoms with van der Waals surface area (Å²) in [6.45, 7) is 6.03. The third kappa shape index (κ3) is 1.64. The Labute approximate surface area is 117 Å². The van der Waals surface area contributed by atoms with E-state index in [-0.39, 0.29) is 5.54 Å². The van der Waals surface area contributed by atoms with Crippen molar-refractivity contribution in [1.29, 1.82) is 0 Å². The minimum absolute atomic E-state index is 0.138. The second-order valence-electron chi connectivity index (χ2n) is 6.02. The molecule has 1 aliphatic heterocycles. The van der Waals surface area contributed by atoms with Gasteiger partial charge in [-0.1, -0.05) is 0 Å². The Morgan fingerprint density at radius 2 is 2.20 bits per heavy atom. The van der Waals surface area contributed by atoms with E-state index >= 15 is 0 Å². The highest BCUT2D eigenvalue weighted by molar-refractivity contribution is 5.89. The summed E-state index contributed by atoms with van der Waals surface area (Å²) >= 11 is 0. The summed E-state index contributed by atoms with van der Waals surface area (Å²) in [4.78, 5) is 13.4. The minimum Gasteiger partial charge on any atom is -0.383 e.